The number of hydrogen-bond donors (Lipinski definition) is 1. The lowest BCUT2D eigenvalue weighted by atomic mass is 10.1. The number of nitrogens with zero attached hydrogens (tertiary/aromatic N) is 3. The Balaban J connectivity index is 1.99. The lowest BCUT2D eigenvalue weighted by Crippen LogP contribution is -2.36. The van der Waals surface area contributed by atoms with Gasteiger partial charge >= 0.3 is 0 Å². The van der Waals surface area contributed by atoms with Crippen LogP contribution in [0.5, 0.6) is 0 Å². The predicted molar refractivity (Wildman–Crippen MR) is 80.9 cm³/mol. The summed E-state index contributed by atoms with van der Waals surface area (Å²) in [4.78, 5) is 13.8. The van der Waals surface area contributed by atoms with E-state index < -0.39 is 12.1 Å². The molecule has 110 valence electrons. The molecule has 3 rings (SSSR count). The van der Waals surface area contributed by atoms with E-state index >= 15 is 0 Å². The van der Waals surface area contributed by atoms with E-state index in [9.17, 15) is 9.90 Å². The number of amides is 1. The van der Waals surface area contributed by atoms with Gasteiger partial charge in [0.25, 0.3) is 5.91 Å². The van der Waals surface area contributed by atoms with Gasteiger partial charge in [-0.2, -0.15) is 0 Å². The molecule has 21 heavy (non-hydrogen) atoms. The minimum absolute atomic E-state index is 0.260. The van der Waals surface area contributed by atoms with Crippen LogP contribution in [-0.2, 0) is 6.42 Å². The van der Waals surface area contributed by atoms with Gasteiger partial charge in [-0.3, -0.25) is 4.79 Å². The fraction of sp³-hybridized carbons (Fsp3) is 0.308. The van der Waals surface area contributed by atoms with Crippen molar-refractivity contribution >= 4 is 40.6 Å². The molecule has 0 unspecified atom stereocenters. The molecule has 0 bridgehead atoms. The zero-order valence-electron chi connectivity index (χ0n) is 11.0. The topological polar surface area (TPSA) is 66.3 Å². The summed E-state index contributed by atoms with van der Waals surface area (Å²) >= 11 is 13.3. The summed E-state index contributed by atoms with van der Waals surface area (Å²) in [5.41, 5.74) is 1.87. The number of aliphatic hydroxyl groups excluding tert-OH is 1. The molecule has 8 heteroatoms. The van der Waals surface area contributed by atoms with Crippen molar-refractivity contribution in [1.29, 1.82) is 0 Å². The van der Waals surface area contributed by atoms with Gasteiger partial charge in [0.15, 0.2) is 5.69 Å². The lowest BCUT2D eigenvalue weighted by molar-refractivity contribution is 0.0492. The quantitative estimate of drug-likeness (QED) is 0.909. The molecular formula is C13H11Cl2N3O2S. The fourth-order valence-electron chi connectivity index (χ4n) is 2.66. The van der Waals surface area contributed by atoms with Gasteiger partial charge in [0, 0.05) is 28.9 Å². The molecule has 0 saturated carbocycles. The van der Waals surface area contributed by atoms with Crippen molar-refractivity contribution in [2.24, 2.45) is 0 Å². The van der Waals surface area contributed by atoms with Crippen LogP contribution in [-0.4, -0.2) is 38.7 Å². The smallest absolute Gasteiger partial charge is 0.275 e. The van der Waals surface area contributed by atoms with Crippen molar-refractivity contribution in [2.75, 3.05) is 7.05 Å². The Morgan fingerprint density at radius 3 is 2.90 bits per heavy atom. The molecule has 0 spiro atoms. The predicted octanol–water partition coefficient (Wildman–Crippen LogP) is 2.58. The van der Waals surface area contributed by atoms with Gasteiger partial charge in [0.05, 0.1) is 12.1 Å². The first-order valence-corrected chi connectivity index (χ1v) is 7.78. The van der Waals surface area contributed by atoms with Crippen LogP contribution in [0.25, 0.3) is 0 Å². The highest BCUT2D eigenvalue weighted by molar-refractivity contribution is 7.03. The summed E-state index contributed by atoms with van der Waals surface area (Å²) in [6.07, 6.45) is -0.334. The van der Waals surface area contributed by atoms with E-state index in [1.54, 1.807) is 24.6 Å². The number of fused-ring (bicyclic) bond motifs is 1. The summed E-state index contributed by atoms with van der Waals surface area (Å²) in [6.45, 7) is 0. The van der Waals surface area contributed by atoms with Crippen molar-refractivity contribution in [2.45, 2.75) is 18.6 Å². The third kappa shape index (κ3) is 2.53. The first kappa shape index (κ1) is 14.7. The standard InChI is InChI=1S/C13H11Cl2N3O2S/c1-18(13(20)10-5-21-17-16-10)12-8-2-6(14)3-9(15)7(8)4-11(12)19/h2-3,5,11-12,19H,4H2,1H3/t11-,12-/m0/s1. The van der Waals surface area contributed by atoms with Gasteiger partial charge in [-0.05, 0) is 34.8 Å². The second-order valence-corrected chi connectivity index (χ2v) is 6.33. The van der Waals surface area contributed by atoms with Crippen LogP contribution in [0.15, 0.2) is 17.5 Å². The number of rotatable bonds is 2. The van der Waals surface area contributed by atoms with E-state index in [1.807, 2.05) is 0 Å². The highest BCUT2D eigenvalue weighted by atomic mass is 35.5. The van der Waals surface area contributed by atoms with Gasteiger partial charge in [-0.25, -0.2) is 0 Å². The minimum atomic E-state index is -0.725. The second kappa shape index (κ2) is 5.53. The average molecular weight is 344 g/mol. The second-order valence-electron chi connectivity index (χ2n) is 4.88. The number of hydrogen-bond acceptors (Lipinski definition) is 5. The van der Waals surface area contributed by atoms with Crippen molar-refractivity contribution in [3.63, 3.8) is 0 Å². The maximum atomic E-state index is 12.4. The molecule has 1 heterocycles. The molecule has 1 amide bonds. The van der Waals surface area contributed by atoms with Crippen LogP contribution in [0, 0.1) is 0 Å². The number of benzene rings is 1. The Bertz CT molecular complexity index is 693. The van der Waals surface area contributed by atoms with E-state index in [-0.39, 0.29) is 11.6 Å². The minimum Gasteiger partial charge on any atom is -0.390 e. The molecule has 2 atom stereocenters. The van der Waals surface area contributed by atoms with Gasteiger partial charge < -0.3 is 10.0 Å². The van der Waals surface area contributed by atoms with Gasteiger partial charge in [-0.15, -0.1) is 5.10 Å². The van der Waals surface area contributed by atoms with Crippen LogP contribution in [0.2, 0.25) is 10.0 Å². The van der Waals surface area contributed by atoms with Crippen molar-refractivity contribution in [3.05, 3.63) is 44.4 Å². The number of likely N-dealkylation sites (N-methyl/N-ethyl adjacent to an activating group) is 1. The number of halogens is 2. The van der Waals surface area contributed by atoms with Crippen LogP contribution in [0.4, 0.5) is 0 Å². The number of carbonyl (C=O) groups excluding carboxylic acids is 1. The Kier molecular flexibility index (Phi) is 3.88. The van der Waals surface area contributed by atoms with Gasteiger partial charge in [0.2, 0.25) is 0 Å². The van der Waals surface area contributed by atoms with Crippen molar-refractivity contribution in [1.82, 2.24) is 14.5 Å². The average Bonchev–Trinajstić information content (AvgIpc) is 3.04. The summed E-state index contributed by atoms with van der Waals surface area (Å²) in [7, 11) is 1.62. The summed E-state index contributed by atoms with van der Waals surface area (Å²) < 4.78 is 3.68. The van der Waals surface area contributed by atoms with E-state index in [4.69, 9.17) is 23.2 Å². The molecule has 1 aliphatic rings. The summed E-state index contributed by atoms with van der Waals surface area (Å²) in [6, 6.07) is 2.89. The first-order valence-electron chi connectivity index (χ1n) is 6.19. The number of carbonyl (C=O) groups is 1. The molecule has 2 aromatic rings. The first-order chi connectivity index (χ1) is 9.99. The van der Waals surface area contributed by atoms with Gasteiger partial charge in [-0.1, -0.05) is 27.7 Å². The van der Waals surface area contributed by atoms with Gasteiger partial charge in [0.1, 0.15) is 0 Å². The highest BCUT2D eigenvalue weighted by Crippen LogP contribution is 2.41. The van der Waals surface area contributed by atoms with Crippen LogP contribution < -0.4 is 0 Å². The SMILES string of the molecule is CN(C(=O)c1csnn1)[C@H]1c2cc(Cl)cc(Cl)c2C[C@@H]1O. The largest absolute Gasteiger partial charge is 0.390 e. The molecule has 1 N–H and O–H groups in total. The van der Waals surface area contributed by atoms with E-state index in [0.717, 1.165) is 22.7 Å². The van der Waals surface area contributed by atoms with Crippen molar-refractivity contribution < 1.29 is 9.90 Å². The Hall–Kier alpha value is -1.21. The number of aliphatic hydroxyl groups is 1. The monoisotopic (exact) mass is 343 g/mol. The maximum Gasteiger partial charge on any atom is 0.275 e. The van der Waals surface area contributed by atoms with Crippen LogP contribution in [0.1, 0.15) is 27.7 Å². The third-order valence-electron chi connectivity index (χ3n) is 3.61. The molecule has 1 aliphatic carbocycles. The molecule has 0 radical (unpaired) electrons. The lowest BCUT2D eigenvalue weighted by Gasteiger charge is -2.27. The number of aromatic nitrogens is 2. The molecule has 0 saturated heterocycles. The third-order valence-corrected chi connectivity index (χ3v) is 4.67. The maximum absolute atomic E-state index is 12.4. The van der Waals surface area contributed by atoms with E-state index in [2.05, 4.69) is 9.59 Å². The molecule has 1 aromatic carbocycles. The highest BCUT2D eigenvalue weighted by Gasteiger charge is 2.38. The zero-order valence-corrected chi connectivity index (χ0v) is 13.3. The zero-order chi connectivity index (χ0) is 15.1. The Labute approximate surface area is 135 Å². The summed E-state index contributed by atoms with van der Waals surface area (Å²) in [5.74, 6) is -0.295. The molecule has 0 fully saturated rings. The van der Waals surface area contributed by atoms with Crippen molar-refractivity contribution in [3.8, 4) is 0 Å². The Morgan fingerprint density at radius 2 is 2.24 bits per heavy atom. The molecule has 5 nitrogen and oxygen atoms in total. The Morgan fingerprint density at radius 1 is 1.48 bits per heavy atom. The normalized spacial score (nSPS) is 20.4. The molecule has 0 aliphatic heterocycles. The summed E-state index contributed by atoms with van der Waals surface area (Å²) in [5, 5.41) is 16.6. The van der Waals surface area contributed by atoms with Crippen LogP contribution >= 0.6 is 34.7 Å². The van der Waals surface area contributed by atoms with E-state index in [0.29, 0.717) is 16.5 Å². The fourth-order valence-corrected chi connectivity index (χ4v) is 3.68. The molecular weight excluding hydrogens is 333 g/mol. The van der Waals surface area contributed by atoms with E-state index in [1.165, 1.54) is 4.90 Å². The van der Waals surface area contributed by atoms with Crippen LogP contribution in [0.3, 0.4) is 0 Å². The molecule has 1 aromatic heterocycles.